The summed E-state index contributed by atoms with van der Waals surface area (Å²) in [7, 11) is 1.93. The van der Waals surface area contributed by atoms with Crippen LogP contribution in [0.5, 0.6) is 0 Å². The zero-order valence-corrected chi connectivity index (χ0v) is 11.8. The van der Waals surface area contributed by atoms with Crippen molar-refractivity contribution in [1.82, 2.24) is 10.2 Å². The predicted molar refractivity (Wildman–Crippen MR) is 71.9 cm³/mol. The standard InChI is InChI=1S/C14H26N2O/c1-11(2)9-16(12(3)4)10-14-7-6-13(17-14)8-15-5/h6-7,11-12,15H,8-10H2,1-5H3. The molecule has 0 aliphatic carbocycles. The lowest BCUT2D eigenvalue weighted by Crippen LogP contribution is -2.33. The van der Waals surface area contributed by atoms with E-state index in [4.69, 9.17) is 4.42 Å². The topological polar surface area (TPSA) is 28.4 Å². The van der Waals surface area contributed by atoms with Crippen LogP contribution in [0.3, 0.4) is 0 Å². The first kappa shape index (κ1) is 14.3. The molecule has 0 bridgehead atoms. The van der Waals surface area contributed by atoms with Gasteiger partial charge in [-0.25, -0.2) is 0 Å². The molecule has 1 rings (SSSR count). The molecule has 0 fully saturated rings. The van der Waals surface area contributed by atoms with Crippen molar-refractivity contribution < 1.29 is 4.42 Å². The van der Waals surface area contributed by atoms with Crippen LogP contribution in [0.2, 0.25) is 0 Å². The predicted octanol–water partition coefficient (Wildman–Crippen LogP) is 2.87. The molecule has 0 saturated heterocycles. The average molecular weight is 238 g/mol. The van der Waals surface area contributed by atoms with Crippen LogP contribution in [0, 0.1) is 5.92 Å². The Bertz CT molecular complexity index is 318. The molecule has 1 aromatic heterocycles. The molecule has 0 radical (unpaired) electrons. The van der Waals surface area contributed by atoms with Gasteiger partial charge >= 0.3 is 0 Å². The van der Waals surface area contributed by atoms with E-state index in [9.17, 15) is 0 Å². The Morgan fingerprint density at radius 3 is 2.35 bits per heavy atom. The lowest BCUT2D eigenvalue weighted by molar-refractivity contribution is 0.174. The van der Waals surface area contributed by atoms with Crippen molar-refractivity contribution in [2.24, 2.45) is 5.92 Å². The van der Waals surface area contributed by atoms with Crippen molar-refractivity contribution in [2.45, 2.75) is 46.8 Å². The zero-order valence-electron chi connectivity index (χ0n) is 11.8. The molecule has 0 saturated carbocycles. The minimum Gasteiger partial charge on any atom is -0.463 e. The van der Waals surface area contributed by atoms with E-state index in [2.05, 4.69) is 50.0 Å². The van der Waals surface area contributed by atoms with Gasteiger partial charge in [0.2, 0.25) is 0 Å². The number of hydrogen-bond donors (Lipinski definition) is 1. The third-order valence-electron chi connectivity index (χ3n) is 2.76. The normalized spacial score (nSPS) is 12.0. The molecule has 0 atom stereocenters. The van der Waals surface area contributed by atoms with E-state index in [1.165, 1.54) is 0 Å². The fourth-order valence-corrected chi connectivity index (χ4v) is 1.90. The molecule has 1 aromatic rings. The van der Waals surface area contributed by atoms with E-state index in [-0.39, 0.29) is 0 Å². The van der Waals surface area contributed by atoms with Gasteiger partial charge in [0.15, 0.2) is 0 Å². The second-order valence-corrected chi connectivity index (χ2v) is 5.32. The number of rotatable bonds is 7. The summed E-state index contributed by atoms with van der Waals surface area (Å²) in [5, 5.41) is 3.10. The second kappa shape index (κ2) is 6.82. The Morgan fingerprint density at radius 2 is 1.82 bits per heavy atom. The Labute approximate surface area is 105 Å². The van der Waals surface area contributed by atoms with Gasteiger partial charge in [-0.3, -0.25) is 4.90 Å². The maximum absolute atomic E-state index is 5.78. The van der Waals surface area contributed by atoms with Crippen LogP contribution in [0.15, 0.2) is 16.5 Å². The molecular formula is C14H26N2O. The summed E-state index contributed by atoms with van der Waals surface area (Å²) in [5.41, 5.74) is 0. The minimum atomic E-state index is 0.551. The largest absolute Gasteiger partial charge is 0.463 e. The highest BCUT2D eigenvalue weighted by Crippen LogP contribution is 2.14. The van der Waals surface area contributed by atoms with Crippen LogP contribution in [-0.4, -0.2) is 24.5 Å². The van der Waals surface area contributed by atoms with Gasteiger partial charge in [-0.15, -0.1) is 0 Å². The molecular weight excluding hydrogens is 212 g/mol. The molecule has 3 nitrogen and oxygen atoms in total. The van der Waals surface area contributed by atoms with E-state index >= 15 is 0 Å². The molecule has 0 aromatic carbocycles. The first-order chi connectivity index (χ1) is 8.02. The van der Waals surface area contributed by atoms with Crippen LogP contribution in [0.25, 0.3) is 0 Å². The minimum absolute atomic E-state index is 0.551. The van der Waals surface area contributed by atoms with Crippen molar-refractivity contribution in [3.8, 4) is 0 Å². The lowest BCUT2D eigenvalue weighted by atomic mass is 10.1. The molecule has 0 amide bonds. The van der Waals surface area contributed by atoms with E-state index in [0.717, 1.165) is 31.2 Å². The van der Waals surface area contributed by atoms with Crippen LogP contribution < -0.4 is 5.32 Å². The summed E-state index contributed by atoms with van der Waals surface area (Å²) in [6.07, 6.45) is 0. The molecule has 98 valence electrons. The summed E-state index contributed by atoms with van der Waals surface area (Å²) in [6, 6.07) is 4.69. The fourth-order valence-electron chi connectivity index (χ4n) is 1.90. The number of nitrogens with one attached hydrogen (secondary N) is 1. The summed E-state index contributed by atoms with van der Waals surface area (Å²) < 4.78 is 5.78. The first-order valence-corrected chi connectivity index (χ1v) is 6.49. The smallest absolute Gasteiger partial charge is 0.118 e. The lowest BCUT2D eigenvalue weighted by Gasteiger charge is -2.27. The average Bonchev–Trinajstić information content (AvgIpc) is 2.64. The fraction of sp³-hybridized carbons (Fsp3) is 0.714. The van der Waals surface area contributed by atoms with Crippen LogP contribution in [-0.2, 0) is 13.1 Å². The van der Waals surface area contributed by atoms with Gasteiger partial charge < -0.3 is 9.73 Å². The van der Waals surface area contributed by atoms with E-state index in [0.29, 0.717) is 12.0 Å². The first-order valence-electron chi connectivity index (χ1n) is 6.49. The summed E-state index contributed by atoms with van der Waals surface area (Å²) >= 11 is 0. The molecule has 0 unspecified atom stereocenters. The molecule has 0 spiro atoms. The van der Waals surface area contributed by atoms with Gasteiger partial charge in [0.1, 0.15) is 11.5 Å². The zero-order chi connectivity index (χ0) is 12.8. The molecule has 1 N–H and O–H groups in total. The second-order valence-electron chi connectivity index (χ2n) is 5.32. The van der Waals surface area contributed by atoms with Gasteiger partial charge in [0.25, 0.3) is 0 Å². The number of hydrogen-bond acceptors (Lipinski definition) is 3. The molecule has 0 aliphatic heterocycles. The maximum Gasteiger partial charge on any atom is 0.118 e. The summed E-state index contributed by atoms with van der Waals surface area (Å²) in [5.74, 6) is 2.75. The van der Waals surface area contributed by atoms with E-state index in [1.807, 2.05) is 7.05 Å². The Hall–Kier alpha value is -0.800. The number of furan rings is 1. The van der Waals surface area contributed by atoms with Crippen molar-refractivity contribution in [3.05, 3.63) is 23.7 Å². The quantitative estimate of drug-likeness (QED) is 0.792. The van der Waals surface area contributed by atoms with E-state index in [1.54, 1.807) is 0 Å². The van der Waals surface area contributed by atoms with Crippen LogP contribution in [0.1, 0.15) is 39.2 Å². The van der Waals surface area contributed by atoms with Crippen molar-refractivity contribution >= 4 is 0 Å². The van der Waals surface area contributed by atoms with Gasteiger partial charge in [0.05, 0.1) is 13.1 Å². The van der Waals surface area contributed by atoms with Gasteiger partial charge in [0, 0.05) is 12.6 Å². The van der Waals surface area contributed by atoms with Gasteiger partial charge in [-0.1, -0.05) is 13.8 Å². The van der Waals surface area contributed by atoms with Crippen molar-refractivity contribution in [3.63, 3.8) is 0 Å². The van der Waals surface area contributed by atoms with Crippen LogP contribution in [0.4, 0.5) is 0 Å². The molecule has 1 heterocycles. The third-order valence-corrected chi connectivity index (χ3v) is 2.76. The third kappa shape index (κ3) is 4.92. The van der Waals surface area contributed by atoms with Gasteiger partial charge in [-0.05, 0) is 38.9 Å². The highest BCUT2D eigenvalue weighted by molar-refractivity contribution is 5.07. The molecule has 0 aliphatic rings. The molecule has 17 heavy (non-hydrogen) atoms. The Morgan fingerprint density at radius 1 is 1.18 bits per heavy atom. The Balaban J connectivity index is 2.58. The SMILES string of the molecule is CNCc1ccc(CN(CC(C)C)C(C)C)o1. The highest BCUT2D eigenvalue weighted by atomic mass is 16.3. The molecule has 3 heteroatoms. The number of nitrogens with zero attached hydrogens (tertiary/aromatic N) is 1. The summed E-state index contributed by atoms with van der Waals surface area (Å²) in [4.78, 5) is 2.45. The highest BCUT2D eigenvalue weighted by Gasteiger charge is 2.13. The monoisotopic (exact) mass is 238 g/mol. The van der Waals surface area contributed by atoms with Crippen LogP contribution >= 0.6 is 0 Å². The van der Waals surface area contributed by atoms with Crippen molar-refractivity contribution in [1.29, 1.82) is 0 Å². The Kier molecular flexibility index (Phi) is 5.72. The maximum atomic E-state index is 5.78. The summed E-state index contributed by atoms with van der Waals surface area (Å²) in [6.45, 7) is 11.8. The van der Waals surface area contributed by atoms with Crippen molar-refractivity contribution in [2.75, 3.05) is 13.6 Å². The van der Waals surface area contributed by atoms with E-state index < -0.39 is 0 Å². The van der Waals surface area contributed by atoms with Gasteiger partial charge in [-0.2, -0.15) is 0 Å².